The van der Waals surface area contributed by atoms with Gasteiger partial charge in [0.05, 0.1) is 11.4 Å². The Morgan fingerprint density at radius 3 is 1.11 bits per heavy atom. The highest BCUT2D eigenvalue weighted by molar-refractivity contribution is 6.02. The number of para-hydroxylation sites is 3. The van der Waals surface area contributed by atoms with Gasteiger partial charge in [0.25, 0.3) is 0 Å². The van der Waals surface area contributed by atoms with Gasteiger partial charge in [0.1, 0.15) is 0 Å². The van der Waals surface area contributed by atoms with Gasteiger partial charge in [-0.15, -0.1) is 0 Å². The molecule has 11 aromatic carbocycles. The first-order chi connectivity index (χ1) is 31.2. The fourth-order valence-electron chi connectivity index (χ4n) is 8.98. The van der Waals surface area contributed by atoms with Gasteiger partial charge in [-0.3, -0.25) is 0 Å². The van der Waals surface area contributed by atoms with E-state index in [9.17, 15) is 0 Å². The van der Waals surface area contributed by atoms with Gasteiger partial charge >= 0.3 is 0 Å². The normalized spacial score (nSPS) is 11.2. The third kappa shape index (κ3) is 7.32. The van der Waals surface area contributed by atoms with E-state index < -0.39 is 0 Å². The molecule has 0 N–H and O–H groups in total. The van der Waals surface area contributed by atoms with Crippen molar-refractivity contribution in [2.24, 2.45) is 0 Å². The van der Waals surface area contributed by atoms with Gasteiger partial charge in [-0.2, -0.15) is 0 Å². The zero-order chi connectivity index (χ0) is 42.0. The summed E-state index contributed by atoms with van der Waals surface area (Å²) >= 11 is 0. The summed E-state index contributed by atoms with van der Waals surface area (Å²) in [7, 11) is 0. The SMILES string of the molecule is c1ccc(N(c2ccc(-c3cc(N(c4ccccc4)c4cccc5ccccc45)cc(N(c4ccccc4)c4cccc5ccccc45)c3)cc2)c2ccc3ccccc3c2)cc1. The van der Waals surface area contributed by atoms with Crippen molar-refractivity contribution in [3.05, 3.63) is 261 Å². The fourth-order valence-corrected chi connectivity index (χ4v) is 8.98. The molecule has 63 heavy (non-hydrogen) atoms. The second kappa shape index (κ2) is 16.6. The third-order valence-corrected chi connectivity index (χ3v) is 11.9. The van der Waals surface area contributed by atoms with Crippen LogP contribution in [0.3, 0.4) is 0 Å². The quantitative estimate of drug-likeness (QED) is 0.136. The highest BCUT2D eigenvalue weighted by Crippen LogP contribution is 2.46. The zero-order valence-electron chi connectivity index (χ0n) is 34.7. The van der Waals surface area contributed by atoms with Gasteiger partial charge in [-0.05, 0) is 124 Å². The number of hydrogen-bond donors (Lipinski definition) is 0. The van der Waals surface area contributed by atoms with Crippen molar-refractivity contribution in [3.63, 3.8) is 0 Å². The van der Waals surface area contributed by atoms with E-state index in [0.29, 0.717) is 0 Å². The van der Waals surface area contributed by atoms with Crippen LogP contribution in [0.5, 0.6) is 0 Å². The lowest BCUT2D eigenvalue weighted by molar-refractivity contribution is 1.26. The average molecular weight is 806 g/mol. The van der Waals surface area contributed by atoms with E-state index in [1.165, 1.54) is 32.3 Å². The van der Waals surface area contributed by atoms with Crippen molar-refractivity contribution in [1.82, 2.24) is 0 Å². The van der Waals surface area contributed by atoms with Crippen LogP contribution in [-0.4, -0.2) is 0 Å². The minimum absolute atomic E-state index is 1.05. The van der Waals surface area contributed by atoms with Crippen LogP contribution in [0.25, 0.3) is 43.4 Å². The van der Waals surface area contributed by atoms with Crippen molar-refractivity contribution in [1.29, 1.82) is 0 Å². The Balaban J connectivity index is 1.13. The predicted molar refractivity (Wildman–Crippen MR) is 268 cm³/mol. The minimum Gasteiger partial charge on any atom is -0.310 e. The number of benzene rings is 11. The van der Waals surface area contributed by atoms with E-state index in [4.69, 9.17) is 0 Å². The molecule has 0 aliphatic carbocycles. The number of rotatable bonds is 10. The van der Waals surface area contributed by atoms with Crippen LogP contribution < -0.4 is 14.7 Å². The molecule has 0 heterocycles. The molecular weight excluding hydrogens is 763 g/mol. The molecular formula is C60H43N3. The third-order valence-electron chi connectivity index (χ3n) is 11.9. The maximum absolute atomic E-state index is 2.41. The monoisotopic (exact) mass is 805 g/mol. The van der Waals surface area contributed by atoms with E-state index in [2.05, 4.69) is 276 Å². The number of hydrogen-bond acceptors (Lipinski definition) is 3. The van der Waals surface area contributed by atoms with Crippen molar-refractivity contribution in [2.45, 2.75) is 0 Å². The smallest absolute Gasteiger partial charge is 0.0540 e. The van der Waals surface area contributed by atoms with E-state index >= 15 is 0 Å². The molecule has 0 saturated heterocycles. The van der Waals surface area contributed by atoms with Crippen molar-refractivity contribution >= 4 is 83.5 Å². The Morgan fingerprint density at radius 1 is 0.190 bits per heavy atom. The molecule has 0 aliphatic heterocycles. The topological polar surface area (TPSA) is 9.72 Å². The first kappa shape index (κ1) is 37.6. The van der Waals surface area contributed by atoms with Gasteiger partial charge < -0.3 is 14.7 Å². The predicted octanol–water partition coefficient (Wildman–Crippen LogP) is 17.2. The van der Waals surface area contributed by atoms with Crippen molar-refractivity contribution in [2.75, 3.05) is 14.7 Å². The van der Waals surface area contributed by atoms with Crippen LogP contribution in [-0.2, 0) is 0 Å². The van der Waals surface area contributed by atoms with Crippen LogP contribution in [0.2, 0.25) is 0 Å². The Bertz CT molecular complexity index is 3200. The fraction of sp³-hybridized carbons (Fsp3) is 0. The van der Waals surface area contributed by atoms with E-state index in [1.54, 1.807) is 0 Å². The lowest BCUT2D eigenvalue weighted by atomic mass is 10.00. The molecule has 3 nitrogen and oxygen atoms in total. The second-order valence-corrected chi connectivity index (χ2v) is 15.8. The molecule has 0 aromatic heterocycles. The van der Waals surface area contributed by atoms with E-state index in [0.717, 1.165) is 62.3 Å². The van der Waals surface area contributed by atoms with Crippen LogP contribution in [0.15, 0.2) is 261 Å². The van der Waals surface area contributed by atoms with Crippen molar-refractivity contribution < 1.29 is 0 Å². The van der Waals surface area contributed by atoms with Crippen LogP contribution >= 0.6 is 0 Å². The summed E-state index contributed by atoms with van der Waals surface area (Å²) in [5.41, 5.74) is 12.0. The lowest BCUT2D eigenvalue weighted by Crippen LogP contribution is -2.14. The maximum atomic E-state index is 2.41. The molecule has 3 heteroatoms. The van der Waals surface area contributed by atoms with Crippen molar-refractivity contribution in [3.8, 4) is 11.1 Å². The molecule has 0 fully saturated rings. The molecule has 11 aromatic rings. The van der Waals surface area contributed by atoms with Gasteiger partial charge in [-0.25, -0.2) is 0 Å². The maximum Gasteiger partial charge on any atom is 0.0540 e. The molecule has 298 valence electrons. The molecule has 11 rings (SSSR count). The highest BCUT2D eigenvalue weighted by atomic mass is 15.2. The van der Waals surface area contributed by atoms with Crippen LogP contribution in [0.1, 0.15) is 0 Å². The lowest BCUT2D eigenvalue weighted by Gasteiger charge is -2.31. The largest absolute Gasteiger partial charge is 0.310 e. The summed E-state index contributed by atoms with van der Waals surface area (Å²) in [4.78, 5) is 7.16. The van der Waals surface area contributed by atoms with Gasteiger partial charge in [0.15, 0.2) is 0 Å². The van der Waals surface area contributed by atoms with E-state index in [1.807, 2.05) is 0 Å². The minimum atomic E-state index is 1.05. The summed E-state index contributed by atoms with van der Waals surface area (Å²) in [6, 6.07) is 94.0. The van der Waals surface area contributed by atoms with Crippen LogP contribution in [0.4, 0.5) is 51.2 Å². The molecule has 0 aliphatic rings. The number of anilines is 9. The summed E-state index contributed by atoms with van der Waals surface area (Å²) in [6.07, 6.45) is 0. The van der Waals surface area contributed by atoms with Crippen LogP contribution in [0, 0.1) is 0 Å². The zero-order valence-corrected chi connectivity index (χ0v) is 34.7. The summed E-state index contributed by atoms with van der Waals surface area (Å²) < 4.78 is 0. The van der Waals surface area contributed by atoms with Gasteiger partial charge in [-0.1, -0.05) is 170 Å². The van der Waals surface area contributed by atoms with Gasteiger partial charge in [0.2, 0.25) is 0 Å². The van der Waals surface area contributed by atoms with E-state index in [-0.39, 0.29) is 0 Å². The molecule has 0 amide bonds. The summed E-state index contributed by atoms with van der Waals surface area (Å²) in [5.74, 6) is 0. The Hall–Kier alpha value is -8.40. The highest BCUT2D eigenvalue weighted by Gasteiger charge is 2.22. The molecule has 0 radical (unpaired) electrons. The Kier molecular flexibility index (Phi) is 9.89. The average Bonchev–Trinajstić information content (AvgIpc) is 3.35. The summed E-state index contributed by atoms with van der Waals surface area (Å²) in [5, 5.41) is 7.19. The Labute approximate surface area is 368 Å². The van der Waals surface area contributed by atoms with Gasteiger partial charge in [0, 0.05) is 50.6 Å². The first-order valence-electron chi connectivity index (χ1n) is 21.5. The molecule has 0 bridgehead atoms. The summed E-state index contributed by atoms with van der Waals surface area (Å²) in [6.45, 7) is 0. The first-order valence-corrected chi connectivity index (χ1v) is 21.5. The second-order valence-electron chi connectivity index (χ2n) is 15.8. The molecule has 0 atom stereocenters. The standard InChI is InChI=1S/C60H43N3/c1-4-24-50(25-5-1)61(54-39-36-44-18-10-11-21-48(44)40-54)53-37-34-45(35-38-53)49-41-55(62(51-26-6-2-7-27-51)59-32-16-22-46-19-12-14-30-57(46)59)43-56(42-49)63(52-28-8-3-9-29-52)60-33-17-23-47-20-13-15-31-58(47)60/h1-43H. The molecule has 0 saturated carbocycles. The molecule has 0 unspecified atom stereocenters. The number of fused-ring (bicyclic) bond motifs is 3. The number of nitrogens with zero attached hydrogens (tertiary/aromatic N) is 3. The molecule has 0 spiro atoms. The Morgan fingerprint density at radius 2 is 0.587 bits per heavy atom.